The maximum atomic E-state index is 6.60. The number of anilines is 1. The van der Waals surface area contributed by atoms with Crippen molar-refractivity contribution in [1.82, 2.24) is 14.9 Å². The highest BCUT2D eigenvalue weighted by Gasteiger charge is 2.21. The Morgan fingerprint density at radius 1 is 1.16 bits per heavy atom. The number of hydrogen-bond donors (Lipinski definition) is 1. The highest BCUT2D eigenvalue weighted by molar-refractivity contribution is 7.99. The van der Waals surface area contributed by atoms with Gasteiger partial charge in [-0.15, -0.1) is 0 Å². The monoisotopic (exact) mass is 380 g/mol. The standard InChI is InChI=1S/C19H29ClN4S/c1-5-14(6-2)25-19-21-16-11-15(20)18(12-17(16)22-19)24-9-7-23(8-10-24)13(3)4/h11-14H,5-10H2,1-4H3,(H,21,22). The van der Waals surface area contributed by atoms with E-state index in [1.165, 1.54) is 0 Å². The topological polar surface area (TPSA) is 35.2 Å². The van der Waals surface area contributed by atoms with Crippen LogP contribution in [0.3, 0.4) is 0 Å². The molecule has 1 fully saturated rings. The minimum Gasteiger partial charge on any atom is -0.368 e. The van der Waals surface area contributed by atoms with Crippen LogP contribution >= 0.6 is 23.4 Å². The predicted octanol–water partition coefficient (Wildman–Crippen LogP) is 5.03. The lowest BCUT2D eigenvalue weighted by Crippen LogP contribution is -2.49. The zero-order chi connectivity index (χ0) is 18.0. The molecule has 2 heterocycles. The van der Waals surface area contributed by atoms with E-state index < -0.39 is 0 Å². The normalized spacial score (nSPS) is 16.5. The first kappa shape index (κ1) is 18.9. The molecule has 0 amide bonds. The van der Waals surface area contributed by atoms with E-state index in [9.17, 15) is 0 Å². The predicted molar refractivity (Wildman–Crippen MR) is 110 cm³/mol. The summed E-state index contributed by atoms with van der Waals surface area (Å²) in [6.45, 7) is 13.2. The summed E-state index contributed by atoms with van der Waals surface area (Å²) in [5, 5.41) is 2.43. The van der Waals surface area contributed by atoms with E-state index in [1.807, 2.05) is 17.8 Å². The van der Waals surface area contributed by atoms with Crippen LogP contribution in [-0.2, 0) is 0 Å². The molecule has 1 saturated heterocycles. The average molecular weight is 381 g/mol. The van der Waals surface area contributed by atoms with Gasteiger partial charge in [0.05, 0.1) is 21.7 Å². The molecule has 0 spiro atoms. The lowest BCUT2D eigenvalue weighted by Gasteiger charge is -2.38. The number of nitrogens with zero attached hydrogens (tertiary/aromatic N) is 3. The Morgan fingerprint density at radius 3 is 2.44 bits per heavy atom. The highest BCUT2D eigenvalue weighted by Crippen LogP contribution is 2.33. The summed E-state index contributed by atoms with van der Waals surface area (Å²) in [4.78, 5) is 13.1. The number of fused-ring (bicyclic) bond motifs is 1. The van der Waals surface area contributed by atoms with Crippen molar-refractivity contribution in [2.45, 2.75) is 57.0 Å². The number of halogens is 1. The molecular formula is C19H29ClN4S. The summed E-state index contributed by atoms with van der Waals surface area (Å²) in [5.41, 5.74) is 3.16. The second-order valence-corrected chi connectivity index (χ2v) is 8.73. The molecule has 3 rings (SSSR count). The minimum absolute atomic E-state index is 0.608. The first-order chi connectivity index (χ1) is 12.0. The second-order valence-electron chi connectivity index (χ2n) is 7.04. The Labute approximate surface area is 160 Å². The number of imidazole rings is 1. The van der Waals surface area contributed by atoms with Gasteiger partial charge >= 0.3 is 0 Å². The second kappa shape index (κ2) is 8.19. The third-order valence-corrected chi connectivity index (χ3v) is 6.82. The van der Waals surface area contributed by atoms with Gasteiger partial charge in [0.1, 0.15) is 0 Å². The van der Waals surface area contributed by atoms with Crippen LogP contribution in [0.1, 0.15) is 40.5 Å². The van der Waals surface area contributed by atoms with E-state index in [0.29, 0.717) is 11.3 Å². The van der Waals surface area contributed by atoms with E-state index >= 15 is 0 Å². The summed E-state index contributed by atoms with van der Waals surface area (Å²) in [7, 11) is 0. The number of rotatable bonds is 6. The first-order valence-corrected chi connectivity index (χ1v) is 10.6. The van der Waals surface area contributed by atoms with Crippen molar-refractivity contribution in [3.05, 3.63) is 17.2 Å². The fraction of sp³-hybridized carbons (Fsp3) is 0.632. The zero-order valence-electron chi connectivity index (χ0n) is 15.7. The lowest BCUT2D eigenvalue weighted by molar-refractivity contribution is 0.209. The summed E-state index contributed by atoms with van der Waals surface area (Å²) < 4.78 is 0. The SMILES string of the molecule is CCC(CC)Sc1nc2cc(N3CCN(C(C)C)CC3)c(Cl)cc2[nH]1. The number of piperazine rings is 1. The molecule has 1 N–H and O–H groups in total. The Bertz CT molecular complexity index is 703. The molecule has 0 atom stereocenters. The molecule has 0 radical (unpaired) electrons. The van der Waals surface area contributed by atoms with Crippen molar-refractivity contribution in [2.75, 3.05) is 31.1 Å². The Balaban J connectivity index is 1.79. The summed E-state index contributed by atoms with van der Waals surface area (Å²) in [6.07, 6.45) is 2.31. The molecule has 1 aliphatic heterocycles. The molecule has 1 aliphatic rings. The van der Waals surface area contributed by atoms with Gasteiger partial charge < -0.3 is 9.88 Å². The van der Waals surface area contributed by atoms with Crippen LogP contribution in [-0.4, -0.2) is 52.3 Å². The van der Waals surface area contributed by atoms with Crippen LogP contribution in [0, 0.1) is 0 Å². The molecular weight excluding hydrogens is 352 g/mol. The summed E-state index contributed by atoms with van der Waals surface area (Å²) >= 11 is 8.43. The smallest absolute Gasteiger partial charge is 0.166 e. The molecule has 6 heteroatoms. The number of hydrogen-bond acceptors (Lipinski definition) is 4. The average Bonchev–Trinajstić information content (AvgIpc) is 3.00. The number of nitrogens with one attached hydrogen (secondary N) is 1. The molecule has 1 aromatic carbocycles. The zero-order valence-corrected chi connectivity index (χ0v) is 17.3. The summed E-state index contributed by atoms with van der Waals surface area (Å²) in [5.74, 6) is 0. The van der Waals surface area contributed by atoms with Crippen molar-refractivity contribution in [3.8, 4) is 0 Å². The van der Waals surface area contributed by atoms with Crippen LogP contribution < -0.4 is 4.90 Å². The number of aromatic nitrogens is 2. The number of H-pyrrole nitrogens is 1. The Hall–Kier alpha value is -0.910. The van der Waals surface area contributed by atoms with E-state index in [0.717, 1.165) is 65.9 Å². The largest absolute Gasteiger partial charge is 0.368 e. The van der Waals surface area contributed by atoms with Gasteiger partial charge in [0.25, 0.3) is 0 Å². The third-order valence-electron chi connectivity index (χ3n) is 5.10. The molecule has 0 saturated carbocycles. The van der Waals surface area contributed by atoms with Gasteiger partial charge in [-0.2, -0.15) is 0 Å². The van der Waals surface area contributed by atoms with Gasteiger partial charge in [0.2, 0.25) is 0 Å². The van der Waals surface area contributed by atoms with Crippen LogP contribution in [0.15, 0.2) is 17.3 Å². The first-order valence-electron chi connectivity index (χ1n) is 9.36. The van der Waals surface area contributed by atoms with E-state index in [4.69, 9.17) is 16.6 Å². The third kappa shape index (κ3) is 4.26. The molecule has 0 unspecified atom stereocenters. The van der Waals surface area contributed by atoms with Crippen molar-refractivity contribution in [3.63, 3.8) is 0 Å². The van der Waals surface area contributed by atoms with Crippen molar-refractivity contribution in [2.24, 2.45) is 0 Å². The number of aromatic amines is 1. The van der Waals surface area contributed by atoms with Crippen LogP contribution in [0.2, 0.25) is 5.02 Å². The van der Waals surface area contributed by atoms with E-state index in [1.54, 1.807) is 0 Å². The highest BCUT2D eigenvalue weighted by atomic mass is 35.5. The van der Waals surface area contributed by atoms with Crippen molar-refractivity contribution < 1.29 is 0 Å². The van der Waals surface area contributed by atoms with Gasteiger partial charge in [-0.25, -0.2) is 4.98 Å². The van der Waals surface area contributed by atoms with Gasteiger partial charge in [0.15, 0.2) is 5.16 Å². The fourth-order valence-electron chi connectivity index (χ4n) is 3.39. The van der Waals surface area contributed by atoms with E-state index in [2.05, 4.69) is 48.5 Å². The van der Waals surface area contributed by atoms with Crippen molar-refractivity contribution >= 4 is 40.1 Å². The van der Waals surface area contributed by atoms with Crippen LogP contribution in [0.4, 0.5) is 5.69 Å². The van der Waals surface area contributed by atoms with Crippen molar-refractivity contribution in [1.29, 1.82) is 0 Å². The fourth-order valence-corrected chi connectivity index (χ4v) is 4.64. The van der Waals surface area contributed by atoms with Crippen LogP contribution in [0.5, 0.6) is 0 Å². The van der Waals surface area contributed by atoms with Gasteiger partial charge in [-0.05, 0) is 38.8 Å². The molecule has 4 nitrogen and oxygen atoms in total. The van der Waals surface area contributed by atoms with E-state index in [-0.39, 0.29) is 0 Å². The molecule has 0 bridgehead atoms. The molecule has 2 aromatic rings. The molecule has 25 heavy (non-hydrogen) atoms. The quantitative estimate of drug-likeness (QED) is 0.713. The number of thioether (sulfide) groups is 1. The Kier molecular flexibility index (Phi) is 6.18. The Morgan fingerprint density at radius 2 is 1.84 bits per heavy atom. The lowest BCUT2D eigenvalue weighted by atomic mass is 10.2. The molecule has 138 valence electrons. The maximum Gasteiger partial charge on any atom is 0.166 e. The molecule has 0 aliphatic carbocycles. The van der Waals surface area contributed by atoms with Gasteiger partial charge in [-0.1, -0.05) is 37.2 Å². The van der Waals surface area contributed by atoms with Crippen LogP contribution in [0.25, 0.3) is 11.0 Å². The van der Waals surface area contributed by atoms with Gasteiger partial charge in [-0.3, -0.25) is 4.90 Å². The maximum absolute atomic E-state index is 6.60. The minimum atomic E-state index is 0.608. The summed E-state index contributed by atoms with van der Waals surface area (Å²) in [6, 6.07) is 4.79. The number of benzene rings is 1. The van der Waals surface area contributed by atoms with Gasteiger partial charge in [0, 0.05) is 37.5 Å². The molecule has 1 aromatic heterocycles.